The lowest BCUT2D eigenvalue weighted by atomic mass is 10.1. The van der Waals surface area contributed by atoms with Gasteiger partial charge in [-0.3, -0.25) is 0 Å². The van der Waals surface area contributed by atoms with E-state index in [0.29, 0.717) is 32.9 Å². The number of hydrogen-bond acceptors (Lipinski definition) is 7. The molecular formula is C16H23N5O2S. The van der Waals surface area contributed by atoms with Gasteiger partial charge in [-0.1, -0.05) is 29.4 Å². The van der Waals surface area contributed by atoms with Gasteiger partial charge < -0.3 is 14.4 Å². The molecule has 1 unspecified atom stereocenters. The van der Waals surface area contributed by atoms with E-state index in [-0.39, 0.29) is 6.10 Å². The van der Waals surface area contributed by atoms with Crippen LogP contribution in [-0.4, -0.2) is 66.0 Å². The second kappa shape index (κ2) is 8.46. The van der Waals surface area contributed by atoms with E-state index in [1.165, 1.54) is 11.1 Å². The minimum Gasteiger partial charge on any atom is -0.376 e. The first-order chi connectivity index (χ1) is 11.8. The second-order valence-electron chi connectivity index (χ2n) is 5.83. The van der Waals surface area contributed by atoms with Gasteiger partial charge >= 0.3 is 0 Å². The molecule has 0 saturated carbocycles. The van der Waals surface area contributed by atoms with Crippen molar-refractivity contribution in [3.8, 4) is 0 Å². The summed E-state index contributed by atoms with van der Waals surface area (Å²) >= 11 is 1.82. The third-order valence-electron chi connectivity index (χ3n) is 3.88. The molecule has 24 heavy (non-hydrogen) atoms. The highest BCUT2D eigenvalue weighted by atomic mass is 32.2. The largest absolute Gasteiger partial charge is 0.376 e. The summed E-state index contributed by atoms with van der Waals surface area (Å²) in [6, 6.07) is 8.59. The molecule has 2 heterocycles. The summed E-state index contributed by atoms with van der Waals surface area (Å²) in [6.07, 6.45) is 2.16. The number of rotatable bonds is 7. The Kier molecular flexibility index (Phi) is 6.06. The van der Waals surface area contributed by atoms with Gasteiger partial charge in [-0.05, 0) is 27.8 Å². The summed E-state index contributed by atoms with van der Waals surface area (Å²) in [7, 11) is 1.97. The van der Waals surface area contributed by atoms with Crippen LogP contribution in [0.1, 0.15) is 11.1 Å². The average molecular weight is 349 g/mol. The van der Waals surface area contributed by atoms with Gasteiger partial charge in [0.15, 0.2) is 0 Å². The monoisotopic (exact) mass is 349 g/mol. The van der Waals surface area contributed by atoms with Crippen molar-refractivity contribution in [3.63, 3.8) is 0 Å². The van der Waals surface area contributed by atoms with Gasteiger partial charge in [0.25, 0.3) is 0 Å². The molecule has 1 aliphatic rings. The van der Waals surface area contributed by atoms with E-state index in [1.54, 1.807) is 0 Å². The number of ether oxygens (including phenoxy) is 2. The van der Waals surface area contributed by atoms with Crippen LogP contribution in [0.25, 0.3) is 0 Å². The SMILES string of the molecule is CSCc1ccc(Cn2nnnc2N(C)CC2COCCO2)cc1. The first-order valence-electron chi connectivity index (χ1n) is 7.99. The Hall–Kier alpha value is -1.64. The quantitative estimate of drug-likeness (QED) is 0.749. The summed E-state index contributed by atoms with van der Waals surface area (Å²) in [6.45, 7) is 3.28. The predicted octanol–water partition coefficient (Wildman–Crippen LogP) is 1.44. The number of nitrogens with zero attached hydrogens (tertiary/aromatic N) is 5. The Morgan fingerprint density at radius 2 is 2.04 bits per heavy atom. The van der Waals surface area contributed by atoms with Crippen LogP contribution >= 0.6 is 11.8 Å². The number of benzene rings is 1. The summed E-state index contributed by atoms with van der Waals surface area (Å²) in [5.74, 6) is 1.76. The van der Waals surface area contributed by atoms with Crippen LogP contribution in [0.3, 0.4) is 0 Å². The Morgan fingerprint density at radius 3 is 2.75 bits per heavy atom. The first kappa shape index (κ1) is 17.2. The van der Waals surface area contributed by atoms with E-state index in [1.807, 2.05) is 28.4 Å². The zero-order chi connectivity index (χ0) is 16.8. The maximum absolute atomic E-state index is 5.69. The van der Waals surface area contributed by atoms with Crippen molar-refractivity contribution in [2.24, 2.45) is 0 Å². The molecular weight excluding hydrogens is 326 g/mol. The standard InChI is InChI=1S/C16H23N5O2S/c1-20(10-15-11-22-7-8-23-15)16-17-18-19-21(16)9-13-3-5-14(6-4-13)12-24-2/h3-6,15H,7-12H2,1-2H3. The summed E-state index contributed by atoms with van der Waals surface area (Å²) in [4.78, 5) is 2.02. The average Bonchev–Trinajstić information content (AvgIpc) is 3.06. The van der Waals surface area contributed by atoms with Gasteiger partial charge in [-0.15, -0.1) is 0 Å². The highest BCUT2D eigenvalue weighted by Gasteiger charge is 2.20. The van der Waals surface area contributed by atoms with Gasteiger partial charge in [0.05, 0.1) is 32.5 Å². The Balaban J connectivity index is 1.63. The topological polar surface area (TPSA) is 65.3 Å². The van der Waals surface area contributed by atoms with Gasteiger partial charge in [-0.25, -0.2) is 4.68 Å². The summed E-state index contributed by atoms with van der Waals surface area (Å²) in [5, 5.41) is 12.1. The Labute approximate surface area is 146 Å². The summed E-state index contributed by atoms with van der Waals surface area (Å²) in [5.41, 5.74) is 2.51. The van der Waals surface area contributed by atoms with Crippen LogP contribution in [0, 0.1) is 0 Å². The van der Waals surface area contributed by atoms with Gasteiger partial charge in [0.1, 0.15) is 0 Å². The molecule has 3 rings (SSSR count). The van der Waals surface area contributed by atoms with E-state index in [2.05, 4.69) is 46.0 Å². The summed E-state index contributed by atoms with van der Waals surface area (Å²) < 4.78 is 13.0. The molecule has 2 aromatic rings. The Morgan fingerprint density at radius 1 is 1.25 bits per heavy atom. The fourth-order valence-corrected chi connectivity index (χ4v) is 3.21. The molecule has 7 nitrogen and oxygen atoms in total. The number of hydrogen-bond donors (Lipinski definition) is 0. The maximum Gasteiger partial charge on any atom is 0.245 e. The number of tetrazole rings is 1. The molecule has 0 amide bonds. The molecule has 1 aliphatic heterocycles. The first-order valence-corrected chi connectivity index (χ1v) is 9.39. The molecule has 0 N–H and O–H groups in total. The van der Waals surface area contributed by atoms with Crippen LogP contribution in [0.4, 0.5) is 5.95 Å². The number of thioether (sulfide) groups is 1. The van der Waals surface area contributed by atoms with E-state index in [0.717, 1.165) is 11.7 Å². The molecule has 0 bridgehead atoms. The fourth-order valence-electron chi connectivity index (χ4n) is 2.69. The van der Waals surface area contributed by atoms with Gasteiger partial charge in [-0.2, -0.15) is 11.8 Å². The molecule has 0 radical (unpaired) electrons. The third-order valence-corrected chi connectivity index (χ3v) is 4.51. The molecule has 8 heteroatoms. The van der Waals surface area contributed by atoms with Crippen LogP contribution < -0.4 is 4.90 Å². The number of anilines is 1. The van der Waals surface area contributed by atoms with Crippen LogP contribution in [-0.2, 0) is 21.8 Å². The van der Waals surface area contributed by atoms with Crippen molar-refractivity contribution in [2.45, 2.75) is 18.4 Å². The van der Waals surface area contributed by atoms with Crippen LogP contribution in [0.5, 0.6) is 0 Å². The zero-order valence-corrected chi connectivity index (χ0v) is 14.9. The van der Waals surface area contributed by atoms with Crippen molar-refractivity contribution >= 4 is 17.7 Å². The molecule has 1 aromatic heterocycles. The molecule has 1 aromatic carbocycles. The van der Waals surface area contributed by atoms with Gasteiger partial charge in [0.2, 0.25) is 5.95 Å². The van der Waals surface area contributed by atoms with Crippen molar-refractivity contribution < 1.29 is 9.47 Å². The number of aromatic nitrogens is 4. The molecule has 0 aliphatic carbocycles. The van der Waals surface area contributed by atoms with Crippen molar-refractivity contribution in [3.05, 3.63) is 35.4 Å². The van der Waals surface area contributed by atoms with Crippen LogP contribution in [0.15, 0.2) is 24.3 Å². The molecule has 1 fully saturated rings. The Bertz CT molecular complexity index is 628. The number of likely N-dealkylation sites (N-methyl/N-ethyl adjacent to an activating group) is 1. The minimum absolute atomic E-state index is 0.0553. The highest BCUT2D eigenvalue weighted by Crippen LogP contribution is 2.14. The molecule has 130 valence electrons. The second-order valence-corrected chi connectivity index (χ2v) is 6.70. The normalized spacial score (nSPS) is 17.8. The lowest BCUT2D eigenvalue weighted by molar-refractivity contribution is -0.0838. The van der Waals surface area contributed by atoms with Crippen LogP contribution in [0.2, 0.25) is 0 Å². The van der Waals surface area contributed by atoms with Crippen molar-refractivity contribution in [1.29, 1.82) is 0 Å². The van der Waals surface area contributed by atoms with Crippen molar-refractivity contribution in [2.75, 3.05) is 44.6 Å². The third kappa shape index (κ3) is 4.46. The lowest BCUT2D eigenvalue weighted by Gasteiger charge is -2.27. The van der Waals surface area contributed by atoms with E-state index in [4.69, 9.17) is 9.47 Å². The molecule has 1 saturated heterocycles. The van der Waals surface area contributed by atoms with Crippen molar-refractivity contribution in [1.82, 2.24) is 20.2 Å². The zero-order valence-electron chi connectivity index (χ0n) is 14.1. The van der Waals surface area contributed by atoms with E-state index in [9.17, 15) is 0 Å². The minimum atomic E-state index is 0.0553. The predicted molar refractivity (Wildman–Crippen MR) is 94.4 cm³/mol. The highest BCUT2D eigenvalue weighted by molar-refractivity contribution is 7.97. The fraction of sp³-hybridized carbons (Fsp3) is 0.562. The lowest BCUT2D eigenvalue weighted by Crippen LogP contribution is -2.39. The van der Waals surface area contributed by atoms with E-state index < -0.39 is 0 Å². The molecule has 0 spiro atoms. The maximum atomic E-state index is 5.69. The van der Waals surface area contributed by atoms with E-state index >= 15 is 0 Å². The smallest absolute Gasteiger partial charge is 0.245 e. The molecule has 1 atom stereocenters. The van der Waals surface area contributed by atoms with Gasteiger partial charge in [0, 0.05) is 19.3 Å².